The van der Waals surface area contributed by atoms with Crippen LogP contribution >= 0.6 is 0 Å². The molecule has 1 aliphatic rings. The van der Waals surface area contributed by atoms with Gasteiger partial charge in [-0.15, -0.1) is 0 Å². The molecule has 0 radical (unpaired) electrons. The van der Waals surface area contributed by atoms with E-state index in [1.54, 1.807) is 11.6 Å². The number of aromatic nitrogens is 1. The summed E-state index contributed by atoms with van der Waals surface area (Å²) in [7, 11) is -2.06. The number of carbonyl (C=O) groups excluding carboxylic acids is 1. The van der Waals surface area contributed by atoms with Crippen LogP contribution in [0.1, 0.15) is 34.6 Å². The van der Waals surface area contributed by atoms with Crippen LogP contribution in [-0.4, -0.2) is 25.4 Å². The highest BCUT2D eigenvalue weighted by molar-refractivity contribution is 7.92. The minimum Gasteiger partial charge on any atom is -0.345 e. The van der Waals surface area contributed by atoms with E-state index in [4.69, 9.17) is 0 Å². The van der Waals surface area contributed by atoms with Gasteiger partial charge in [0.05, 0.1) is 11.7 Å². The average molecular weight is 410 g/mol. The molecular formula is C22H23N3O3S. The van der Waals surface area contributed by atoms with E-state index in [-0.39, 0.29) is 16.8 Å². The van der Waals surface area contributed by atoms with Crippen LogP contribution in [0, 0.1) is 0 Å². The zero-order valence-electron chi connectivity index (χ0n) is 16.4. The first-order valence-corrected chi connectivity index (χ1v) is 10.9. The summed E-state index contributed by atoms with van der Waals surface area (Å²) in [5.41, 5.74) is 3.01. The fourth-order valence-electron chi connectivity index (χ4n) is 3.68. The Morgan fingerprint density at radius 3 is 2.52 bits per heavy atom. The van der Waals surface area contributed by atoms with Crippen LogP contribution < -0.4 is 9.62 Å². The van der Waals surface area contributed by atoms with Gasteiger partial charge < -0.3 is 9.88 Å². The SMILES string of the molecule is CC(NC(=O)c1cc(S(=O)(=O)N2CCc3ccccc32)cn1C)c1ccccc1. The maximum absolute atomic E-state index is 13.2. The molecule has 0 fully saturated rings. The molecule has 6 nitrogen and oxygen atoms in total. The molecule has 1 amide bonds. The molecule has 2 aromatic carbocycles. The molecule has 0 aliphatic carbocycles. The Kier molecular flexibility index (Phi) is 4.92. The molecule has 1 aromatic heterocycles. The van der Waals surface area contributed by atoms with E-state index < -0.39 is 10.0 Å². The first kappa shape index (κ1) is 19.3. The number of rotatable bonds is 5. The van der Waals surface area contributed by atoms with Gasteiger partial charge >= 0.3 is 0 Å². The molecule has 1 atom stereocenters. The van der Waals surface area contributed by atoms with Crippen molar-refractivity contribution in [1.29, 1.82) is 0 Å². The minimum absolute atomic E-state index is 0.120. The van der Waals surface area contributed by atoms with E-state index in [1.807, 2.05) is 61.5 Å². The second kappa shape index (κ2) is 7.40. The first-order valence-electron chi connectivity index (χ1n) is 9.51. The maximum Gasteiger partial charge on any atom is 0.268 e. The number of amides is 1. The fraction of sp³-hybridized carbons (Fsp3) is 0.227. The van der Waals surface area contributed by atoms with E-state index in [0.29, 0.717) is 24.3 Å². The molecule has 0 saturated carbocycles. The van der Waals surface area contributed by atoms with Gasteiger partial charge in [0.2, 0.25) is 0 Å². The third kappa shape index (κ3) is 3.53. The third-order valence-corrected chi connectivity index (χ3v) is 7.07. The molecule has 0 saturated heterocycles. The second-order valence-electron chi connectivity index (χ2n) is 7.23. The van der Waals surface area contributed by atoms with Crippen LogP contribution in [0.4, 0.5) is 5.69 Å². The lowest BCUT2D eigenvalue weighted by atomic mass is 10.1. The van der Waals surface area contributed by atoms with Gasteiger partial charge in [0.15, 0.2) is 0 Å². The minimum atomic E-state index is -3.74. The molecule has 1 unspecified atom stereocenters. The monoisotopic (exact) mass is 409 g/mol. The largest absolute Gasteiger partial charge is 0.345 e. The number of anilines is 1. The number of benzene rings is 2. The Morgan fingerprint density at radius 2 is 1.76 bits per heavy atom. The molecule has 7 heteroatoms. The van der Waals surface area contributed by atoms with Crippen LogP contribution in [0.3, 0.4) is 0 Å². The van der Waals surface area contributed by atoms with Crippen LogP contribution in [-0.2, 0) is 23.5 Å². The smallest absolute Gasteiger partial charge is 0.268 e. The van der Waals surface area contributed by atoms with Crippen molar-refractivity contribution < 1.29 is 13.2 Å². The van der Waals surface area contributed by atoms with Crippen molar-refractivity contribution in [1.82, 2.24) is 9.88 Å². The lowest BCUT2D eigenvalue weighted by Gasteiger charge is -2.18. The quantitative estimate of drug-likeness (QED) is 0.703. The van der Waals surface area contributed by atoms with Crippen molar-refractivity contribution in [2.75, 3.05) is 10.8 Å². The Bertz CT molecular complexity index is 1150. The van der Waals surface area contributed by atoms with Gasteiger partial charge in [0.1, 0.15) is 10.6 Å². The van der Waals surface area contributed by atoms with Crippen molar-refractivity contribution in [2.24, 2.45) is 7.05 Å². The van der Waals surface area contributed by atoms with Gasteiger partial charge in [-0.05, 0) is 36.6 Å². The van der Waals surface area contributed by atoms with E-state index in [0.717, 1.165) is 11.1 Å². The Morgan fingerprint density at radius 1 is 1.07 bits per heavy atom. The number of nitrogens with one attached hydrogen (secondary N) is 1. The summed E-state index contributed by atoms with van der Waals surface area (Å²) < 4.78 is 29.4. The summed E-state index contributed by atoms with van der Waals surface area (Å²) in [6.45, 7) is 2.30. The summed E-state index contributed by atoms with van der Waals surface area (Å²) in [4.78, 5) is 12.9. The normalized spacial score (nSPS) is 14.5. The lowest BCUT2D eigenvalue weighted by Crippen LogP contribution is -2.29. The number of aryl methyl sites for hydroxylation is 1. The van der Waals surface area contributed by atoms with Crippen LogP contribution in [0.15, 0.2) is 71.8 Å². The van der Waals surface area contributed by atoms with Gasteiger partial charge in [0.25, 0.3) is 15.9 Å². The fourth-order valence-corrected chi connectivity index (χ4v) is 5.26. The molecule has 150 valence electrons. The molecule has 2 heterocycles. The standard InChI is InChI=1S/C22H23N3O3S/c1-16(17-8-4-3-5-9-17)23-22(26)21-14-19(15-24(21)2)29(27,28)25-13-12-18-10-6-7-11-20(18)25/h3-11,14-16H,12-13H2,1-2H3,(H,23,26). The van der Waals surface area contributed by atoms with Crippen molar-refractivity contribution in [3.8, 4) is 0 Å². The van der Waals surface area contributed by atoms with Gasteiger partial charge in [0, 0.05) is 19.8 Å². The molecule has 0 spiro atoms. The highest BCUT2D eigenvalue weighted by Crippen LogP contribution is 2.33. The molecule has 1 aliphatic heterocycles. The van der Waals surface area contributed by atoms with Crippen molar-refractivity contribution in [2.45, 2.75) is 24.3 Å². The van der Waals surface area contributed by atoms with E-state index in [9.17, 15) is 13.2 Å². The number of hydrogen-bond acceptors (Lipinski definition) is 3. The summed E-state index contributed by atoms with van der Waals surface area (Å²) in [5, 5.41) is 2.94. The summed E-state index contributed by atoms with van der Waals surface area (Å²) in [6, 6.07) is 18.4. The van der Waals surface area contributed by atoms with Gasteiger partial charge in [-0.1, -0.05) is 48.5 Å². The topological polar surface area (TPSA) is 71.4 Å². The number of hydrogen-bond donors (Lipinski definition) is 1. The van der Waals surface area contributed by atoms with Crippen molar-refractivity contribution >= 4 is 21.6 Å². The summed E-state index contributed by atoms with van der Waals surface area (Å²) >= 11 is 0. The first-order chi connectivity index (χ1) is 13.9. The third-order valence-electron chi connectivity index (χ3n) is 5.29. The van der Waals surface area contributed by atoms with E-state index >= 15 is 0 Å². The number of para-hydroxylation sites is 1. The van der Waals surface area contributed by atoms with Gasteiger partial charge in [-0.3, -0.25) is 9.10 Å². The summed E-state index contributed by atoms with van der Waals surface area (Å²) in [5.74, 6) is -0.313. The number of carbonyl (C=O) groups is 1. The lowest BCUT2D eigenvalue weighted by molar-refractivity contribution is 0.0931. The highest BCUT2D eigenvalue weighted by Gasteiger charge is 2.32. The highest BCUT2D eigenvalue weighted by atomic mass is 32.2. The number of nitrogens with zero attached hydrogens (tertiary/aromatic N) is 2. The second-order valence-corrected chi connectivity index (χ2v) is 9.10. The molecule has 4 rings (SSSR count). The van der Waals surface area contributed by atoms with Crippen molar-refractivity contribution in [3.05, 3.63) is 83.7 Å². The van der Waals surface area contributed by atoms with Crippen LogP contribution in [0.5, 0.6) is 0 Å². The van der Waals surface area contributed by atoms with Crippen molar-refractivity contribution in [3.63, 3.8) is 0 Å². The zero-order chi connectivity index (χ0) is 20.6. The predicted molar refractivity (Wildman–Crippen MR) is 112 cm³/mol. The predicted octanol–water partition coefficient (Wildman–Crippen LogP) is 3.27. The molecule has 1 N–H and O–H groups in total. The van der Waals surface area contributed by atoms with Crippen LogP contribution in [0.2, 0.25) is 0 Å². The zero-order valence-corrected chi connectivity index (χ0v) is 17.2. The van der Waals surface area contributed by atoms with Crippen LogP contribution in [0.25, 0.3) is 0 Å². The molecule has 3 aromatic rings. The Labute approximate surface area is 170 Å². The Balaban J connectivity index is 1.59. The van der Waals surface area contributed by atoms with Gasteiger partial charge in [-0.25, -0.2) is 8.42 Å². The number of fused-ring (bicyclic) bond motifs is 1. The van der Waals surface area contributed by atoms with Gasteiger partial charge in [-0.2, -0.15) is 0 Å². The molecule has 29 heavy (non-hydrogen) atoms. The summed E-state index contributed by atoms with van der Waals surface area (Å²) in [6.07, 6.45) is 2.18. The maximum atomic E-state index is 13.2. The Hall–Kier alpha value is -3.06. The molecular weight excluding hydrogens is 386 g/mol. The average Bonchev–Trinajstić information content (AvgIpc) is 3.33. The van der Waals surface area contributed by atoms with E-state index in [1.165, 1.54) is 16.6 Å². The van der Waals surface area contributed by atoms with E-state index in [2.05, 4.69) is 5.32 Å². The number of sulfonamides is 1. The molecule has 0 bridgehead atoms.